The lowest BCUT2D eigenvalue weighted by molar-refractivity contribution is -0.128. The summed E-state index contributed by atoms with van der Waals surface area (Å²) in [6.07, 6.45) is 4.09. The predicted octanol–water partition coefficient (Wildman–Crippen LogP) is 2.95. The number of aryl methyl sites for hydroxylation is 2. The lowest BCUT2D eigenvalue weighted by Crippen LogP contribution is -2.26. The van der Waals surface area contributed by atoms with Crippen LogP contribution in [0, 0.1) is 5.92 Å². The lowest BCUT2D eigenvalue weighted by Gasteiger charge is -2.16. The van der Waals surface area contributed by atoms with E-state index in [1.165, 1.54) is 24.0 Å². The van der Waals surface area contributed by atoms with Crippen LogP contribution in [0.1, 0.15) is 29.5 Å². The molecule has 1 atom stereocenters. The zero-order valence-corrected chi connectivity index (χ0v) is 15.5. The fraction of sp³-hybridized carbons (Fsp3) is 0.364. The molecule has 0 radical (unpaired) electrons. The van der Waals surface area contributed by atoms with Crippen molar-refractivity contribution in [1.82, 2.24) is 4.90 Å². The lowest BCUT2D eigenvalue weighted by atomic mass is 10.1. The first-order valence-electron chi connectivity index (χ1n) is 9.68. The molecular formula is C22H26N4O. The normalized spacial score (nSPS) is 19.4. The molecule has 1 saturated heterocycles. The highest BCUT2D eigenvalue weighted by molar-refractivity contribution is 5.92. The van der Waals surface area contributed by atoms with Gasteiger partial charge in [-0.3, -0.25) is 9.79 Å². The Labute approximate surface area is 160 Å². The number of nitrogens with two attached hydrogens (primary N) is 1. The molecule has 4 rings (SSSR count). The molecule has 0 spiro atoms. The first kappa shape index (κ1) is 17.6. The van der Waals surface area contributed by atoms with Crippen LogP contribution in [-0.4, -0.2) is 29.9 Å². The van der Waals surface area contributed by atoms with Gasteiger partial charge in [-0.2, -0.15) is 0 Å². The number of aliphatic imine (C=N–C) groups is 1. The van der Waals surface area contributed by atoms with Crippen LogP contribution in [0.15, 0.2) is 53.5 Å². The molecule has 2 aromatic rings. The Balaban J connectivity index is 1.30. The van der Waals surface area contributed by atoms with Crippen molar-refractivity contribution in [2.24, 2.45) is 16.6 Å². The third-order valence-corrected chi connectivity index (χ3v) is 5.40. The second kappa shape index (κ2) is 7.82. The van der Waals surface area contributed by atoms with Gasteiger partial charge in [0.15, 0.2) is 5.96 Å². The molecule has 1 fully saturated rings. The molecule has 1 unspecified atom stereocenters. The number of nitrogens with zero attached hydrogens (tertiary/aromatic N) is 2. The number of anilines is 1. The van der Waals surface area contributed by atoms with E-state index in [-0.39, 0.29) is 11.8 Å². The number of fused-ring (bicyclic) bond motifs is 1. The summed E-state index contributed by atoms with van der Waals surface area (Å²) in [5.74, 6) is 0.840. The van der Waals surface area contributed by atoms with Gasteiger partial charge in [0.25, 0.3) is 0 Å². The zero-order chi connectivity index (χ0) is 18.6. The Hall–Kier alpha value is -2.82. The maximum absolute atomic E-state index is 12.3. The zero-order valence-electron chi connectivity index (χ0n) is 15.5. The number of carbonyl (C=O) groups is 1. The largest absolute Gasteiger partial charge is 0.370 e. The third-order valence-electron chi connectivity index (χ3n) is 5.40. The highest BCUT2D eigenvalue weighted by Gasteiger charge is 2.29. The third kappa shape index (κ3) is 4.30. The van der Waals surface area contributed by atoms with Crippen LogP contribution in [0.5, 0.6) is 0 Å². The van der Waals surface area contributed by atoms with Crippen molar-refractivity contribution in [3.05, 3.63) is 65.2 Å². The van der Waals surface area contributed by atoms with Crippen molar-refractivity contribution in [3.63, 3.8) is 0 Å². The molecule has 1 aliphatic carbocycles. The second-order valence-corrected chi connectivity index (χ2v) is 7.52. The summed E-state index contributed by atoms with van der Waals surface area (Å²) in [6.45, 7) is 1.98. The summed E-state index contributed by atoms with van der Waals surface area (Å²) in [7, 11) is 0. The van der Waals surface area contributed by atoms with Gasteiger partial charge in [-0.15, -0.1) is 0 Å². The molecule has 0 aromatic heterocycles. The van der Waals surface area contributed by atoms with E-state index in [0.29, 0.717) is 25.5 Å². The Morgan fingerprint density at radius 3 is 2.81 bits per heavy atom. The number of amides is 1. The summed E-state index contributed by atoms with van der Waals surface area (Å²) in [5.41, 5.74) is 11.1. The van der Waals surface area contributed by atoms with Crippen molar-refractivity contribution in [1.29, 1.82) is 0 Å². The van der Waals surface area contributed by atoms with Crippen LogP contribution in [0.2, 0.25) is 0 Å². The molecule has 0 bridgehead atoms. The molecule has 1 heterocycles. The predicted molar refractivity (Wildman–Crippen MR) is 109 cm³/mol. The van der Waals surface area contributed by atoms with Crippen molar-refractivity contribution in [3.8, 4) is 0 Å². The van der Waals surface area contributed by atoms with E-state index in [4.69, 9.17) is 5.73 Å². The maximum Gasteiger partial charge on any atom is 0.223 e. The summed E-state index contributed by atoms with van der Waals surface area (Å²) < 4.78 is 0. The van der Waals surface area contributed by atoms with Gasteiger partial charge in [0.2, 0.25) is 5.91 Å². The fourth-order valence-electron chi connectivity index (χ4n) is 4.00. The number of carbonyl (C=O) groups excluding carboxylic acids is 1. The van der Waals surface area contributed by atoms with E-state index in [9.17, 15) is 4.79 Å². The van der Waals surface area contributed by atoms with Gasteiger partial charge in [-0.05, 0) is 48.1 Å². The van der Waals surface area contributed by atoms with E-state index in [1.807, 2.05) is 23.1 Å². The molecular weight excluding hydrogens is 336 g/mol. The van der Waals surface area contributed by atoms with Gasteiger partial charge in [0, 0.05) is 37.7 Å². The van der Waals surface area contributed by atoms with Gasteiger partial charge < -0.3 is 16.0 Å². The Morgan fingerprint density at radius 2 is 1.96 bits per heavy atom. The Kier molecular flexibility index (Phi) is 5.10. The molecule has 3 N–H and O–H groups in total. The van der Waals surface area contributed by atoms with Crippen LogP contribution in [0.4, 0.5) is 5.69 Å². The molecule has 2 aromatic carbocycles. The van der Waals surface area contributed by atoms with Crippen molar-refractivity contribution >= 4 is 17.6 Å². The maximum atomic E-state index is 12.3. The number of hydrogen-bond acceptors (Lipinski definition) is 2. The first-order chi connectivity index (χ1) is 13.2. The SMILES string of the molecule is NC(=NCC1CC(=O)N(Cc2ccccc2)C1)Nc1ccc2c(c1)CCC2. The number of guanidine groups is 1. The van der Waals surface area contributed by atoms with E-state index < -0.39 is 0 Å². The van der Waals surface area contributed by atoms with Crippen LogP contribution in [-0.2, 0) is 24.2 Å². The minimum absolute atomic E-state index is 0.198. The molecule has 1 amide bonds. The van der Waals surface area contributed by atoms with Crippen LogP contribution in [0.25, 0.3) is 0 Å². The monoisotopic (exact) mass is 362 g/mol. The Morgan fingerprint density at radius 1 is 1.15 bits per heavy atom. The molecule has 1 aliphatic heterocycles. The van der Waals surface area contributed by atoms with Crippen LogP contribution in [0.3, 0.4) is 0 Å². The summed E-state index contributed by atoms with van der Waals surface area (Å²) >= 11 is 0. The van der Waals surface area contributed by atoms with E-state index in [2.05, 4.69) is 40.6 Å². The quantitative estimate of drug-likeness (QED) is 0.635. The summed E-state index contributed by atoms with van der Waals surface area (Å²) in [5, 5.41) is 3.19. The molecule has 2 aliphatic rings. The molecule has 0 saturated carbocycles. The number of nitrogens with one attached hydrogen (secondary N) is 1. The number of hydrogen-bond donors (Lipinski definition) is 2. The minimum atomic E-state index is 0.198. The molecule has 5 nitrogen and oxygen atoms in total. The van der Waals surface area contributed by atoms with Gasteiger partial charge in [0.1, 0.15) is 0 Å². The Bertz CT molecular complexity index is 847. The fourth-order valence-corrected chi connectivity index (χ4v) is 4.00. The van der Waals surface area contributed by atoms with E-state index >= 15 is 0 Å². The first-order valence-corrected chi connectivity index (χ1v) is 9.68. The van der Waals surface area contributed by atoms with Gasteiger partial charge >= 0.3 is 0 Å². The number of likely N-dealkylation sites (tertiary alicyclic amines) is 1. The highest BCUT2D eigenvalue weighted by Crippen LogP contribution is 2.25. The molecule has 5 heteroatoms. The topological polar surface area (TPSA) is 70.7 Å². The van der Waals surface area contributed by atoms with E-state index in [1.54, 1.807) is 0 Å². The van der Waals surface area contributed by atoms with Gasteiger partial charge in [-0.1, -0.05) is 36.4 Å². The standard InChI is InChI=1S/C22H26N4O/c23-22(25-20-10-9-18-7-4-8-19(18)12-20)24-13-17-11-21(27)26(15-17)14-16-5-2-1-3-6-16/h1-3,5-6,9-10,12,17H,4,7-8,11,13-15H2,(H3,23,24,25). The minimum Gasteiger partial charge on any atom is -0.370 e. The van der Waals surface area contributed by atoms with Crippen LogP contribution >= 0.6 is 0 Å². The summed E-state index contributed by atoms with van der Waals surface area (Å²) in [6, 6.07) is 16.5. The number of benzene rings is 2. The van der Waals surface area contributed by atoms with E-state index in [0.717, 1.165) is 24.2 Å². The van der Waals surface area contributed by atoms with Crippen molar-refractivity contribution in [2.75, 3.05) is 18.4 Å². The average molecular weight is 362 g/mol. The van der Waals surface area contributed by atoms with Gasteiger partial charge in [0.05, 0.1) is 0 Å². The van der Waals surface area contributed by atoms with Crippen LogP contribution < -0.4 is 11.1 Å². The average Bonchev–Trinajstić information content (AvgIpc) is 3.27. The van der Waals surface area contributed by atoms with Crippen molar-refractivity contribution < 1.29 is 4.79 Å². The number of rotatable bonds is 5. The highest BCUT2D eigenvalue weighted by atomic mass is 16.2. The molecule has 140 valence electrons. The summed E-state index contributed by atoms with van der Waals surface area (Å²) in [4.78, 5) is 18.7. The van der Waals surface area contributed by atoms with Crippen molar-refractivity contribution in [2.45, 2.75) is 32.2 Å². The van der Waals surface area contributed by atoms with Gasteiger partial charge in [-0.25, -0.2) is 0 Å². The smallest absolute Gasteiger partial charge is 0.223 e. The second-order valence-electron chi connectivity index (χ2n) is 7.52. The molecule has 27 heavy (non-hydrogen) atoms.